The van der Waals surface area contributed by atoms with Gasteiger partial charge in [-0.15, -0.1) is 0 Å². The predicted molar refractivity (Wildman–Crippen MR) is 98.4 cm³/mol. The first-order valence-corrected chi connectivity index (χ1v) is 8.83. The molecule has 1 aliphatic heterocycles. The molecule has 5 heteroatoms. The number of ether oxygens (including phenoxy) is 1. The van der Waals surface area contributed by atoms with Crippen molar-refractivity contribution in [2.24, 2.45) is 5.92 Å². The van der Waals surface area contributed by atoms with E-state index < -0.39 is 0 Å². The Bertz CT molecular complexity index is 745. The van der Waals surface area contributed by atoms with Crippen LogP contribution in [0.15, 0.2) is 42.5 Å². The molecule has 1 N–H and O–H groups in total. The fourth-order valence-electron chi connectivity index (χ4n) is 3.36. The molecule has 0 radical (unpaired) electrons. The molecule has 0 aromatic heterocycles. The zero-order valence-corrected chi connectivity index (χ0v) is 15.0. The van der Waals surface area contributed by atoms with E-state index in [0.717, 1.165) is 24.9 Å². The van der Waals surface area contributed by atoms with Crippen molar-refractivity contribution in [3.8, 4) is 11.5 Å². The smallest absolute Gasteiger partial charge is 0.167 e. The Balaban J connectivity index is 1.69. The fraction of sp³-hybridized carbons (Fsp3) is 0.350. The highest BCUT2D eigenvalue weighted by Crippen LogP contribution is 2.31. The van der Waals surface area contributed by atoms with Crippen molar-refractivity contribution in [1.82, 2.24) is 4.90 Å². The number of piperidine rings is 1. The highest BCUT2D eigenvalue weighted by Gasteiger charge is 2.27. The van der Waals surface area contributed by atoms with E-state index >= 15 is 0 Å². The Kier molecular flexibility index (Phi) is 5.61. The summed E-state index contributed by atoms with van der Waals surface area (Å²) in [6.07, 6.45) is 1.86. The third-order valence-electron chi connectivity index (χ3n) is 4.70. The number of carbonyl (C=O) groups excluding carboxylic acids is 1. The van der Waals surface area contributed by atoms with Crippen LogP contribution in [-0.4, -0.2) is 36.0 Å². The Morgan fingerprint density at radius 1 is 1.28 bits per heavy atom. The van der Waals surface area contributed by atoms with Gasteiger partial charge in [-0.2, -0.15) is 0 Å². The fourth-order valence-corrected chi connectivity index (χ4v) is 3.49. The monoisotopic (exact) mass is 359 g/mol. The lowest BCUT2D eigenvalue weighted by Crippen LogP contribution is -2.38. The van der Waals surface area contributed by atoms with Crippen LogP contribution in [0.4, 0.5) is 0 Å². The number of Topliss-reactive ketones (excluding diaryl/α,β-unsaturated/α-hetero) is 1. The Morgan fingerprint density at radius 3 is 2.76 bits per heavy atom. The molecule has 1 saturated heterocycles. The van der Waals surface area contributed by atoms with Crippen molar-refractivity contribution >= 4 is 17.4 Å². The summed E-state index contributed by atoms with van der Waals surface area (Å²) in [5, 5.41) is 10.9. The Labute approximate surface area is 153 Å². The molecule has 25 heavy (non-hydrogen) atoms. The van der Waals surface area contributed by atoms with Crippen LogP contribution in [0.5, 0.6) is 11.5 Å². The quantitative estimate of drug-likeness (QED) is 0.815. The van der Waals surface area contributed by atoms with Crippen LogP contribution >= 0.6 is 11.6 Å². The number of hydrogen-bond acceptors (Lipinski definition) is 4. The lowest BCUT2D eigenvalue weighted by atomic mass is 9.90. The van der Waals surface area contributed by atoms with Gasteiger partial charge >= 0.3 is 0 Å². The molecule has 3 rings (SSSR count). The second-order valence-electron chi connectivity index (χ2n) is 6.41. The maximum absolute atomic E-state index is 12.7. The molecule has 0 amide bonds. The van der Waals surface area contributed by atoms with Crippen LogP contribution in [0.1, 0.15) is 28.8 Å². The number of methoxy groups -OCH3 is 1. The van der Waals surface area contributed by atoms with Crippen molar-refractivity contribution in [3.05, 3.63) is 58.6 Å². The van der Waals surface area contributed by atoms with Gasteiger partial charge in [-0.25, -0.2) is 0 Å². The third-order valence-corrected chi connectivity index (χ3v) is 4.95. The van der Waals surface area contributed by atoms with Gasteiger partial charge in [-0.3, -0.25) is 9.69 Å². The minimum absolute atomic E-state index is 0.0253. The largest absolute Gasteiger partial charge is 0.504 e. The third kappa shape index (κ3) is 4.14. The van der Waals surface area contributed by atoms with E-state index in [1.54, 1.807) is 37.4 Å². The molecule has 0 bridgehead atoms. The maximum Gasteiger partial charge on any atom is 0.167 e. The number of carbonyl (C=O) groups is 1. The van der Waals surface area contributed by atoms with E-state index in [9.17, 15) is 9.90 Å². The van der Waals surface area contributed by atoms with Gasteiger partial charge in [0, 0.05) is 35.2 Å². The summed E-state index contributed by atoms with van der Waals surface area (Å²) in [5.74, 6) is 0.790. The zero-order chi connectivity index (χ0) is 17.8. The lowest BCUT2D eigenvalue weighted by molar-refractivity contribution is 0.0810. The van der Waals surface area contributed by atoms with E-state index in [4.69, 9.17) is 16.3 Å². The summed E-state index contributed by atoms with van der Waals surface area (Å²) in [6, 6.07) is 12.6. The molecule has 1 fully saturated rings. The van der Waals surface area contributed by atoms with Crippen LogP contribution in [0.2, 0.25) is 5.02 Å². The standard InChI is InChI=1S/C20H22ClNO3/c1-25-18-6-2-4-16(20(18)24)13-22-11-3-5-15(12-22)19(23)14-7-9-17(21)10-8-14/h2,4,6-10,15,24H,3,5,11-13H2,1H3/t15-/m1/s1. The summed E-state index contributed by atoms with van der Waals surface area (Å²) in [6.45, 7) is 2.21. The maximum atomic E-state index is 12.7. The van der Waals surface area contributed by atoms with Crippen molar-refractivity contribution < 1.29 is 14.6 Å². The number of halogens is 1. The SMILES string of the molecule is COc1cccc(CN2CCC[C@@H](C(=O)c3ccc(Cl)cc3)C2)c1O. The van der Waals surface area contributed by atoms with Gasteiger partial charge in [-0.1, -0.05) is 23.7 Å². The molecule has 4 nitrogen and oxygen atoms in total. The van der Waals surface area contributed by atoms with Crippen LogP contribution in [0.25, 0.3) is 0 Å². The number of ketones is 1. The highest BCUT2D eigenvalue weighted by molar-refractivity contribution is 6.30. The summed E-state index contributed by atoms with van der Waals surface area (Å²) in [7, 11) is 1.54. The van der Waals surface area contributed by atoms with Gasteiger partial charge in [-0.05, 0) is 49.7 Å². The number of nitrogens with zero attached hydrogens (tertiary/aromatic N) is 1. The first-order valence-electron chi connectivity index (χ1n) is 8.45. The van der Waals surface area contributed by atoms with Crippen molar-refractivity contribution in [2.45, 2.75) is 19.4 Å². The zero-order valence-electron chi connectivity index (χ0n) is 14.2. The van der Waals surface area contributed by atoms with Crippen LogP contribution in [0, 0.1) is 5.92 Å². The average Bonchev–Trinajstić information content (AvgIpc) is 2.64. The average molecular weight is 360 g/mol. The van der Waals surface area contributed by atoms with Crippen LogP contribution in [0.3, 0.4) is 0 Å². The normalized spacial score (nSPS) is 18.1. The molecular formula is C20H22ClNO3. The van der Waals surface area contributed by atoms with Gasteiger partial charge in [0.2, 0.25) is 0 Å². The molecule has 0 unspecified atom stereocenters. The molecule has 132 valence electrons. The number of phenolic OH excluding ortho intramolecular Hbond substituents is 1. The number of aromatic hydroxyl groups is 1. The molecule has 1 atom stereocenters. The van der Waals surface area contributed by atoms with E-state index in [0.29, 0.717) is 29.4 Å². The van der Waals surface area contributed by atoms with E-state index in [-0.39, 0.29) is 17.5 Å². The second-order valence-corrected chi connectivity index (χ2v) is 6.85. The van der Waals surface area contributed by atoms with Crippen LogP contribution < -0.4 is 4.74 Å². The minimum atomic E-state index is -0.0253. The number of benzene rings is 2. The predicted octanol–water partition coefficient (Wildman–Crippen LogP) is 4.15. The molecule has 1 heterocycles. The second kappa shape index (κ2) is 7.89. The summed E-state index contributed by atoms with van der Waals surface area (Å²) in [5.41, 5.74) is 1.53. The highest BCUT2D eigenvalue weighted by atomic mass is 35.5. The van der Waals surface area contributed by atoms with Gasteiger partial charge < -0.3 is 9.84 Å². The molecule has 0 saturated carbocycles. The first-order chi connectivity index (χ1) is 12.1. The number of phenols is 1. The molecular weight excluding hydrogens is 338 g/mol. The Hall–Kier alpha value is -2.04. The molecule has 1 aliphatic rings. The number of likely N-dealkylation sites (tertiary alicyclic amines) is 1. The van der Waals surface area contributed by atoms with E-state index in [1.165, 1.54) is 0 Å². The summed E-state index contributed by atoms with van der Waals surface area (Å²) < 4.78 is 5.17. The van der Waals surface area contributed by atoms with Gasteiger partial charge in [0.25, 0.3) is 0 Å². The lowest BCUT2D eigenvalue weighted by Gasteiger charge is -2.32. The van der Waals surface area contributed by atoms with Crippen molar-refractivity contribution in [1.29, 1.82) is 0 Å². The molecule has 2 aromatic carbocycles. The molecule has 0 aliphatic carbocycles. The molecule has 2 aromatic rings. The van der Waals surface area contributed by atoms with Crippen molar-refractivity contribution in [3.63, 3.8) is 0 Å². The minimum Gasteiger partial charge on any atom is -0.504 e. The summed E-state index contributed by atoms with van der Waals surface area (Å²) in [4.78, 5) is 15.0. The van der Waals surface area contributed by atoms with Gasteiger partial charge in [0.05, 0.1) is 7.11 Å². The van der Waals surface area contributed by atoms with Gasteiger partial charge in [0.1, 0.15) is 0 Å². The summed E-state index contributed by atoms with van der Waals surface area (Å²) >= 11 is 5.90. The first kappa shape index (κ1) is 17.8. The van der Waals surface area contributed by atoms with Gasteiger partial charge in [0.15, 0.2) is 17.3 Å². The number of para-hydroxylation sites is 1. The number of hydrogen-bond donors (Lipinski definition) is 1. The Morgan fingerprint density at radius 2 is 2.04 bits per heavy atom. The van der Waals surface area contributed by atoms with E-state index in [2.05, 4.69) is 4.90 Å². The van der Waals surface area contributed by atoms with Crippen molar-refractivity contribution in [2.75, 3.05) is 20.2 Å². The topological polar surface area (TPSA) is 49.8 Å². The van der Waals surface area contributed by atoms with E-state index in [1.807, 2.05) is 12.1 Å². The molecule has 0 spiro atoms. The van der Waals surface area contributed by atoms with Crippen LogP contribution in [-0.2, 0) is 6.54 Å². The number of rotatable bonds is 5.